The Kier molecular flexibility index (Phi) is 4.76. The molecule has 2 aliphatic rings. The number of hydrogen-bond acceptors (Lipinski definition) is 4. The van der Waals surface area contributed by atoms with Crippen molar-refractivity contribution in [3.63, 3.8) is 0 Å². The molecule has 108 valence electrons. The molecule has 2 heterocycles. The zero-order chi connectivity index (χ0) is 13.8. The van der Waals surface area contributed by atoms with Gasteiger partial charge in [-0.3, -0.25) is 14.5 Å². The number of carbonyl (C=O) groups excluding carboxylic acids is 1. The van der Waals surface area contributed by atoms with E-state index in [2.05, 4.69) is 0 Å². The van der Waals surface area contributed by atoms with Crippen molar-refractivity contribution in [3.05, 3.63) is 0 Å². The molecule has 2 atom stereocenters. The van der Waals surface area contributed by atoms with Crippen LogP contribution in [0.2, 0.25) is 0 Å². The number of likely N-dealkylation sites (N-methyl/N-ethyl adjacent to an activating group) is 1. The monoisotopic (exact) mass is 270 g/mol. The van der Waals surface area contributed by atoms with Gasteiger partial charge in [-0.25, -0.2) is 0 Å². The van der Waals surface area contributed by atoms with E-state index >= 15 is 0 Å². The number of carboxylic acids is 1. The minimum atomic E-state index is -0.921. The van der Waals surface area contributed by atoms with Gasteiger partial charge in [0.25, 0.3) is 0 Å². The first-order valence-electron chi connectivity index (χ1n) is 6.98. The Hall–Kier alpha value is -1.14. The van der Waals surface area contributed by atoms with Gasteiger partial charge in [-0.05, 0) is 19.4 Å². The van der Waals surface area contributed by atoms with Gasteiger partial charge in [-0.2, -0.15) is 0 Å². The van der Waals surface area contributed by atoms with Crippen LogP contribution < -0.4 is 0 Å². The standard InChI is InChI=1S/C13H22N2O4/c1-2-14-5-6-15(9-10-4-3-7-19-10)13(18)11(14)8-12(16)17/h10-11H,2-9H2,1H3,(H,16,17). The Bertz CT molecular complexity index is 342. The molecule has 2 unspecified atom stereocenters. The summed E-state index contributed by atoms with van der Waals surface area (Å²) in [5, 5.41) is 8.95. The smallest absolute Gasteiger partial charge is 0.305 e. The van der Waals surface area contributed by atoms with Gasteiger partial charge in [-0.1, -0.05) is 6.92 Å². The Morgan fingerprint density at radius 3 is 2.84 bits per heavy atom. The molecule has 2 saturated heterocycles. The highest BCUT2D eigenvalue weighted by molar-refractivity contribution is 5.86. The lowest BCUT2D eigenvalue weighted by atomic mass is 10.1. The van der Waals surface area contributed by atoms with E-state index in [1.54, 1.807) is 4.90 Å². The molecular weight excluding hydrogens is 248 g/mol. The zero-order valence-corrected chi connectivity index (χ0v) is 11.4. The quantitative estimate of drug-likeness (QED) is 0.771. The molecule has 2 fully saturated rings. The Morgan fingerprint density at radius 1 is 1.47 bits per heavy atom. The van der Waals surface area contributed by atoms with Gasteiger partial charge < -0.3 is 14.7 Å². The van der Waals surface area contributed by atoms with Crippen LogP contribution >= 0.6 is 0 Å². The van der Waals surface area contributed by atoms with Crippen LogP contribution in [0.3, 0.4) is 0 Å². The molecule has 1 amide bonds. The fraction of sp³-hybridized carbons (Fsp3) is 0.846. The van der Waals surface area contributed by atoms with E-state index in [0.29, 0.717) is 19.6 Å². The molecule has 19 heavy (non-hydrogen) atoms. The van der Waals surface area contributed by atoms with Gasteiger partial charge in [-0.15, -0.1) is 0 Å². The van der Waals surface area contributed by atoms with Crippen LogP contribution in [0.25, 0.3) is 0 Å². The van der Waals surface area contributed by atoms with Crippen molar-refractivity contribution in [3.8, 4) is 0 Å². The fourth-order valence-electron chi connectivity index (χ4n) is 2.86. The van der Waals surface area contributed by atoms with Crippen molar-refractivity contribution in [2.24, 2.45) is 0 Å². The van der Waals surface area contributed by atoms with Gasteiger partial charge in [0, 0.05) is 26.2 Å². The van der Waals surface area contributed by atoms with Gasteiger partial charge in [0.1, 0.15) is 0 Å². The summed E-state index contributed by atoms with van der Waals surface area (Å²) in [7, 11) is 0. The van der Waals surface area contributed by atoms with Gasteiger partial charge in [0.15, 0.2) is 0 Å². The molecule has 0 radical (unpaired) electrons. The molecule has 6 nitrogen and oxygen atoms in total. The minimum absolute atomic E-state index is 0.0639. The number of hydrogen-bond donors (Lipinski definition) is 1. The summed E-state index contributed by atoms with van der Waals surface area (Å²) in [6.07, 6.45) is 2.05. The number of rotatable bonds is 5. The van der Waals surface area contributed by atoms with Crippen LogP contribution in [0, 0.1) is 0 Å². The third kappa shape index (κ3) is 3.45. The van der Waals surface area contributed by atoms with Crippen LogP contribution in [-0.2, 0) is 14.3 Å². The predicted molar refractivity (Wildman–Crippen MR) is 68.8 cm³/mol. The number of piperazine rings is 1. The highest BCUT2D eigenvalue weighted by Crippen LogP contribution is 2.18. The largest absolute Gasteiger partial charge is 0.481 e. The summed E-state index contributed by atoms with van der Waals surface area (Å²) >= 11 is 0. The van der Waals surface area contributed by atoms with Gasteiger partial charge in [0.05, 0.1) is 18.6 Å². The second kappa shape index (κ2) is 6.34. The van der Waals surface area contributed by atoms with Crippen LogP contribution in [-0.4, -0.2) is 71.7 Å². The van der Waals surface area contributed by atoms with Crippen LogP contribution in [0.5, 0.6) is 0 Å². The first kappa shape index (κ1) is 14.3. The molecule has 0 spiro atoms. The number of aliphatic carboxylic acids is 1. The highest BCUT2D eigenvalue weighted by atomic mass is 16.5. The maximum absolute atomic E-state index is 12.4. The van der Waals surface area contributed by atoms with E-state index in [0.717, 1.165) is 26.0 Å². The average molecular weight is 270 g/mol. The normalized spacial score (nSPS) is 28.9. The van der Waals surface area contributed by atoms with Crippen molar-refractivity contribution in [2.45, 2.75) is 38.3 Å². The van der Waals surface area contributed by atoms with E-state index < -0.39 is 12.0 Å². The van der Waals surface area contributed by atoms with Crippen molar-refractivity contribution in [1.29, 1.82) is 0 Å². The van der Waals surface area contributed by atoms with Crippen molar-refractivity contribution < 1.29 is 19.4 Å². The van der Waals surface area contributed by atoms with Crippen molar-refractivity contribution in [2.75, 3.05) is 32.8 Å². The summed E-state index contributed by atoms with van der Waals surface area (Å²) in [5.74, 6) is -0.984. The molecule has 2 aliphatic heterocycles. The molecule has 2 rings (SSSR count). The minimum Gasteiger partial charge on any atom is -0.481 e. The van der Waals surface area contributed by atoms with Crippen LogP contribution in [0.1, 0.15) is 26.2 Å². The third-order valence-corrected chi connectivity index (χ3v) is 3.92. The number of amides is 1. The summed E-state index contributed by atoms with van der Waals surface area (Å²) in [6, 6.07) is -0.516. The average Bonchev–Trinajstić information content (AvgIpc) is 2.87. The molecule has 0 aromatic carbocycles. The number of nitrogens with zero attached hydrogens (tertiary/aromatic N) is 2. The van der Waals surface area contributed by atoms with Crippen molar-refractivity contribution in [1.82, 2.24) is 9.80 Å². The molecule has 6 heteroatoms. The van der Waals surface area contributed by atoms with E-state index in [1.807, 2.05) is 11.8 Å². The zero-order valence-electron chi connectivity index (χ0n) is 11.4. The Labute approximate surface area is 113 Å². The summed E-state index contributed by atoms with van der Waals surface area (Å²) in [5.41, 5.74) is 0. The van der Waals surface area contributed by atoms with E-state index in [9.17, 15) is 9.59 Å². The highest BCUT2D eigenvalue weighted by Gasteiger charge is 2.36. The predicted octanol–water partition coefficient (Wildman–Crippen LogP) is 0.173. The van der Waals surface area contributed by atoms with E-state index in [-0.39, 0.29) is 18.4 Å². The topological polar surface area (TPSA) is 70.1 Å². The summed E-state index contributed by atoms with van der Waals surface area (Å²) < 4.78 is 5.55. The second-order valence-corrected chi connectivity index (χ2v) is 5.16. The molecule has 0 aliphatic carbocycles. The SMILES string of the molecule is CCN1CCN(CC2CCCO2)C(=O)C1CC(=O)O. The van der Waals surface area contributed by atoms with E-state index in [1.165, 1.54) is 0 Å². The first-order valence-corrected chi connectivity index (χ1v) is 6.98. The van der Waals surface area contributed by atoms with E-state index in [4.69, 9.17) is 9.84 Å². The number of carboxylic acid groups (broad SMARTS) is 1. The van der Waals surface area contributed by atoms with Crippen LogP contribution in [0.15, 0.2) is 0 Å². The number of ether oxygens (including phenoxy) is 1. The van der Waals surface area contributed by atoms with Gasteiger partial charge >= 0.3 is 5.97 Å². The van der Waals surface area contributed by atoms with Gasteiger partial charge in [0.2, 0.25) is 5.91 Å². The molecular formula is C13H22N2O4. The molecule has 1 N–H and O–H groups in total. The lowest BCUT2D eigenvalue weighted by Crippen LogP contribution is -2.58. The third-order valence-electron chi connectivity index (χ3n) is 3.92. The Balaban J connectivity index is 1.98. The number of carbonyl (C=O) groups is 2. The Morgan fingerprint density at radius 2 is 2.26 bits per heavy atom. The lowest BCUT2D eigenvalue weighted by molar-refractivity contribution is -0.150. The molecule has 0 bridgehead atoms. The first-order chi connectivity index (χ1) is 9.11. The molecule has 0 aromatic heterocycles. The second-order valence-electron chi connectivity index (χ2n) is 5.16. The fourth-order valence-corrected chi connectivity index (χ4v) is 2.86. The van der Waals surface area contributed by atoms with Crippen molar-refractivity contribution >= 4 is 11.9 Å². The summed E-state index contributed by atoms with van der Waals surface area (Å²) in [6.45, 7) is 5.45. The molecule has 0 aromatic rings. The maximum Gasteiger partial charge on any atom is 0.305 e. The lowest BCUT2D eigenvalue weighted by Gasteiger charge is -2.40. The molecule has 0 saturated carbocycles. The maximum atomic E-state index is 12.4. The van der Waals surface area contributed by atoms with Crippen LogP contribution in [0.4, 0.5) is 0 Å². The summed E-state index contributed by atoms with van der Waals surface area (Å²) in [4.78, 5) is 27.0.